The van der Waals surface area contributed by atoms with E-state index in [1.54, 1.807) is 0 Å². The summed E-state index contributed by atoms with van der Waals surface area (Å²) in [7, 11) is 0. The monoisotopic (exact) mass is 621 g/mol. The van der Waals surface area contributed by atoms with Crippen molar-refractivity contribution >= 4 is 0 Å². The Morgan fingerprint density at radius 1 is 0.848 bits per heavy atom. The quantitative estimate of drug-likeness (QED) is 0.142. The van der Waals surface area contributed by atoms with Crippen molar-refractivity contribution in [1.82, 2.24) is 0 Å². The molecule has 33 heavy (non-hydrogen) atoms. The van der Waals surface area contributed by atoms with E-state index in [2.05, 4.69) is 80.4 Å². The van der Waals surface area contributed by atoms with Crippen LogP contribution in [0.3, 0.4) is 0 Å². The number of unbranched alkanes of at least 4 members (excludes halogenated alkanes) is 3. The van der Waals surface area contributed by atoms with Gasteiger partial charge in [0.15, 0.2) is 0 Å². The molecule has 1 heteroatoms. The van der Waals surface area contributed by atoms with Crippen LogP contribution in [-0.4, -0.2) is 0 Å². The van der Waals surface area contributed by atoms with E-state index in [0.717, 1.165) is 3.67 Å². The number of fused-ring (bicyclic) bond motifs is 1. The molecule has 0 aromatic rings. The molecule has 3 aliphatic rings. The van der Waals surface area contributed by atoms with Gasteiger partial charge in [0, 0.05) is 0 Å². The molecule has 0 aliphatic heterocycles. The Hall–Kier alpha value is -0.170. The van der Waals surface area contributed by atoms with Crippen LogP contribution in [0.15, 0.2) is 45.4 Å². The number of rotatable bonds is 13. The molecule has 0 heterocycles. The van der Waals surface area contributed by atoms with E-state index in [9.17, 15) is 0 Å². The Morgan fingerprint density at radius 3 is 1.88 bits per heavy atom. The normalized spacial score (nSPS) is 27.3. The van der Waals surface area contributed by atoms with E-state index < -0.39 is 15.6 Å². The molecule has 189 valence electrons. The van der Waals surface area contributed by atoms with Crippen molar-refractivity contribution < 1.29 is 15.6 Å². The first-order valence-electron chi connectivity index (χ1n) is 15.0. The van der Waals surface area contributed by atoms with Crippen molar-refractivity contribution in [2.75, 3.05) is 0 Å². The summed E-state index contributed by atoms with van der Waals surface area (Å²) in [6.45, 7) is 12.2. The zero-order valence-corrected chi connectivity index (χ0v) is 27.1. The summed E-state index contributed by atoms with van der Waals surface area (Å²) >= 11 is -4.64. The molecule has 3 aliphatic carbocycles. The summed E-state index contributed by atoms with van der Waals surface area (Å²) in [5.41, 5.74) is 2.20. The Morgan fingerprint density at radius 2 is 1.42 bits per heavy atom. The van der Waals surface area contributed by atoms with Crippen LogP contribution in [0, 0.1) is 11.3 Å². The number of hydrogen-bond acceptors (Lipinski definition) is 0. The third kappa shape index (κ3) is 3.94. The van der Waals surface area contributed by atoms with Gasteiger partial charge >= 0.3 is 203 Å². The maximum atomic E-state index is 3.05. The van der Waals surface area contributed by atoms with E-state index in [4.69, 9.17) is 0 Å². The third-order valence-corrected chi connectivity index (χ3v) is 66.9. The molecule has 3 rings (SSSR count). The van der Waals surface area contributed by atoms with Crippen LogP contribution in [0.4, 0.5) is 0 Å². The molecule has 0 amide bonds. The second-order valence-corrected chi connectivity index (χ2v) is 66.5. The number of allylic oxidation sites excluding steroid dienone is 8. The van der Waals surface area contributed by atoms with Gasteiger partial charge in [-0.15, -0.1) is 0 Å². The standard InChI is InChI=1S/C13H19.C5H5.3C4H9.2CH3.Hf/c1-3-13(4-2)9-8-11-6-5-7-12(11)10-13;1-2-4-5-3-1;3*1-3-4-2;;;/h7-11H,3-6H2,1-2H3;1-3H,4H2;3*1,3-4H2,2H3;2*1H3;. The Balaban J connectivity index is 2.39. The first-order valence-corrected chi connectivity index (χ1v) is 33.7. The zero-order valence-electron chi connectivity index (χ0n) is 23.5. The van der Waals surface area contributed by atoms with Gasteiger partial charge in [-0.2, -0.15) is 0 Å². The molecule has 2 atom stereocenters. The average molecular weight is 620 g/mol. The van der Waals surface area contributed by atoms with Crippen LogP contribution in [-0.2, 0) is 15.6 Å². The molecule has 0 aromatic carbocycles. The number of hydrogen-bond donors (Lipinski definition) is 0. The second kappa shape index (κ2) is 8.74. The van der Waals surface area contributed by atoms with E-state index >= 15 is 0 Å². The minimum absolute atomic E-state index is 0.292. The topological polar surface area (TPSA) is 0 Å². The molecule has 0 radical (unpaired) electrons. The molecule has 0 bridgehead atoms. The molecule has 0 spiro atoms. The Labute approximate surface area is 202 Å². The van der Waals surface area contributed by atoms with Crippen LogP contribution in [0.1, 0.15) is 105 Å². The molecule has 1 fully saturated rings. The minimum atomic E-state index is -4.64. The molecule has 2 unspecified atom stereocenters. The van der Waals surface area contributed by atoms with Gasteiger partial charge in [-0.3, -0.25) is 0 Å². The van der Waals surface area contributed by atoms with Gasteiger partial charge < -0.3 is 0 Å². The van der Waals surface area contributed by atoms with Gasteiger partial charge in [0.1, 0.15) is 0 Å². The van der Waals surface area contributed by atoms with Gasteiger partial charge in [0.2, 0.25) is 0 Å². The van der Waals surface area contributed by atoms with Crippen molar-refractivity contribution in [3.8, 4) is 0 Å². The average Bonchev–Trinajstić information content (AvgIpc) is 3.53. The fraction of sp³-hybridized carbons (Fsp3) is 0.750. The summed E-state index contributed by atoms with van der Waals surface area (Å²) in [4.78, 5) is 0. The Kier molecular flexibility index (Phi) is 7.26. The van der Waals surface area contributed by atoms with E-state index in [-0.39, 0.29) is 0 Å². The van der Waals surface area contributed by atoms with Crippen molar-refractivity contribution in [3.05, 3.63) is 45.4 Å². The summed E-state index contributed by atoms with van der Waals surface area (Å²) < 4.78 is 13.5. The van der Waals surface area contributed by atoms with Crippen molar-refractivity contribution in [1.29, 1.82) is 0 Å². The zero-order chi connectivity index (χ0) is 24.3. The second-order valence-electron chi connectivity index (χ2n) is 15.1. The third-order valence-electron chi connectivity index (χ3n) is 12.9. The van der Waals surface area contributed by atoms with Crippen LogP contribution in [0.25, 0.3) is 0 Å². The molecule has 0 saturated heterocycles. The van der Waals surface area contributed by atoms with E-state index in [0.29, 0.717) is 11.3 Å². The van der Waals surface area contributed by atoms with Crippen LogP contribution in [0.2, 0.25) is 25.6 Å². The molecular formula is C32H57Hf. The maximum absolute atomic E-state index is 4.64. The van der Waals surface area contributed by atoms with Gasteiger partial charge in [0.25, 0.3) is 0 Å². The van der Waals surface area contributed by atoms with Gasteiger partial charge in [0.05, 0.1) is 0 Å². The van der Waals surface area contributed by atoms with Crippen molar-refractivity contribution in [2.45, 2.75) is 131 Å². The van der Waals surface area contributed by atoms with Crippen molar-refractivity contribution in [3.63, 3.8) is 0 Å². The summed E-state index contributed by atoms with van der Waals surface area (Å²) in [5.74, 6) is 0.708. The molecular weight excluding hydrogens is 563 g/mol. The SMILES string of the molecule is CCC[CH2][Hf]([CH3])([CH3])([CH2]CCC)([CH2]CCC)([C]1=CC=CC1)[CH]1CCC2C=CC(CC)(CC)C=C21. The van der Waals surface area contributed by atoms with Gasteiger partial charge in [-0.05, 0) is 0 Å². The Bertz CT molecular complexity index is 836. The predicted molar refractivity (Wildman–Crippen MR) is 149 cm³/mol. The first-order chi connectivity index (χ1) is 15.6. The predicted octanol–water partition coefficient (Wildman–Crippen LogP) is 11.8. The van der Waals surface area contributed by atoms with E-state index in [1.165, 1.54) is 83.2 Å². The molecule has 0 nitrogen and oxygen atoms in total. The fourth-order valence-electron chi connectivity index (χ4n) is 10.0. The summed E-state index contributed by atoms with van der Waals surface area (Å²) in [5, 5.41) is 0. The van der Waals surface area contributed by atoms with E-state index in [1.807, 2.05) is 8.90 Å². The summed E-state index contributed by atoms with van der Waals surface area (Å²) in [6.07, 6.45) is 30.6. The first kappa shape index (κ1) is 27.4. The van der Waals surface area contributed by atoms with Crippen LogP contribution in [0.5, 0.6) is 0 Å². The van der Waals surface area contributed by atoms with Gasteiger partial charge in [-0.25, -0.2) is 0 Å². The molecule has 1 saturated carbocycles. The molecule has 0 N–H and O–H groups in total. The fourth-order valence-corrected chi connectivity index (χ4v) is 61.5. The molecule has 0 aromatic heterocycles. The van der Waals surface area contributed by atoms with Crippen molar-refractivity contribution in [2.24, 2.45) is 11.3 Å². The van der Waals surface area contributed by atoms with Crippen LogP contribution < -0.4 is 0 Å². The van der Waals surface area contributed by atoms with Gasteiger partial charge in [-0.1, -0.05) is 0 Å². The summed E-state index contributed by atoms with van der Waals surface area (Å²) in [6, 6.07) is 0. The van der Waals surface area contributed by atoms with Crippen LogP contribution >= 0.6 is 0 Å².